The highest BCUT2D eigenvalue weighted by atomic mass is 32.2. The monoisotopic (exact) mass is 740 g/mol. The van der Waals surface area contributed by atoms with Crippen LogP contribution >= 0.6 is 0 Å². The van der Waals surface area contributed by atoms with Gasteiger partial charge in [-0.2, -0.15) is 8.42 Å². The minimum atomic E-state index is -4.34. The van der Waals surface area contributed by atoms with Gasteiger partial charge in [-0.05, 0) is 44.9 Å². The summed E-state index contributed by atoms with van der Waals surface area (Å²) in [5, 5.41) is 13.3. The topological polar surface area (TPSA) is 104 Å². The lowest BCUT2D eigenvalue weighted by molar-refractivity contribution is -0.122. The van der Waals surface area contributed by atoms with E-state index in [1.165, 1.54) is 167 Å². The van der Waals surface area contributed by atoms with Crippen molar-refractivity contribution in [3.63, 3.8) is 0 Å². The lowest BCUT2D eigenvalue weighted by atomic mass is 10.0. The van der Waals surface area contributed by atoms with Gasteiger partial charge in [0.05, 0.1) is 17.9 Å². The number of carbonyl (C=O) groups is 1. The van der Waals surface area contributed by atoms with Crippen molar-refractivity contribution in [1.82, 2.24) is 5.32 Å². The van der Waals surface area contributed by atoms with Crippen molar-refractivity contribution in [2.45, 2.75) is 244 Å². The van der Waals surface area contributed by atoms with Gasteiger partial charge >= 0.3 is 0 Å². The summed E-state index contributed by atoms with van der Waals surface area (Å²) in [6, 6.07) is -1.06. The predicted octanol–water partition coefficient (Wildman–Crippen LogP) is 13.1. The van der Waals surface area contributed by atoms with E-state index in [9.17, 15) is 22.9 Å². The van der Waals surface area contributed by atoms with Crippen LogP contribution in [0.2, 0.25) is 0 Å². The molecule has 0 aliphatic rings. The van der Waals surface area contributed by atoms with E-state index >= 15 is 0 Å². The van der Waals surface area contributed by atoms with Crippen molar-refractivity contribution in [3.05, 3.63) is 24.3 Å². The number of aliphatic hydroxyl groups is 1. The van der Waals surface area contributed by atoms with E-state index in [-0.39, 0.29) is 5.91 Å². The first kappa shape index (κ1) is 49.8. The van der Waals surface area contributed by atoms with Crippen LogP contribution in [0.25, 0.3) is 0 Å². The number of allylic oxidation sites excluding steroid dienone is 3. The zero-order chi connectivity index (χ0) is 37.5. The minimum absolute atomic E-state index is 0.281. The van der Waals surface area contributed by atoms with Crippen molar-refractivity contribution in [1.29, 1.82) is 0 Å². The number of hydrogen-bond acceptors (Lipinski definition) is 4. The number of carbonyl (C=O) groups excluding carboxylic acids is 1. The van der Waals surface area contributed by atoms with Crippen molar-refractivity contribution < 1.29 is 22.9 Å². The van der Waals surface area contributed by atoms with Crippen LogP contribution < -0.4 is 5.32 Å². The van der Waals surface area contributed by atoms with Crippen LogP contribution in [0.3, 0.4) is 0 Å². The maximum Gasteiger partial charge on any atom is 0.267 e. The van der Waals surface area contributed by atoms with Gasteiger partial charge in [0.15, 0.2) is 0 Å². The number of aliphatic hydroxyl groups excluding tert-OH is 1. The number of unbranched alkanes of at least 4 members (excludes halogenated alkanes) is 30. The standard InChI is InChI=1S/C44H85NO5S/c1-3-5-7-9-11-13-15-17-19-21-22-24-25-27-29-31-33-35-37-39-43(46)42(41-51(48,49)50)45-44(47)40-38-36-34-32-30-28-26-23-20-18-16-14-12-10-8-6-4-2/h18,20,37,39,42-43,46H,3-17,19,21-36,38,40-41H2,1-2H3,(H,45,47)(H,48,49,50)/b20-18-,39-37+. The van der Waals surface area contributed by atoms with Crippen LogP contribution in [0.4, 0.5) is 0 Å². The molecule has 0 aromatic heterocycles. The van der Waals surface area contributed by atoms with E-state index in [1.807, 2.05) is 6.08 Å². The third-order valence-electron chi connectivity index (χ3n) is 10.1. The molecule has 0 spiro atoms. The van der Waals surface area contributed by atoms with E-state index in [2.05, 4.69) is 31.3 Å². The predicted molar refractivity (Wildman–Crippen MR) is 221 cm³/mol. The molecule has 51 heavy (non-hydrogen) atoms. The van der Waals surface area contributed by atoms with Crippen LogP contribution in [-0.2, 0) is 14.9 Å². The Balaban J connectivity index is 3.87. The van der Waals surface area contributed by atoms with E-state index in [4.69, 9.17) is 0 Å². The number of nitrogens with one attached hydrogen (secondary N) is 1. The smallest absolute Gasteiger partial charge is 0.267 e. The fourth-order valence-electron chi connectivity index (χ4n) is 6.80. The zero-order valence-corrected chi connectivity index (χ0v) is 34.6. The third kappa shape index (κ3) is 39.9. The Labute approximate surface area is 317 Å². The third-order valence-corrected chi connectivity index (χ3v) is 10.9. The first-order valence-corrected chi connectivity index (χ1v) is 23.6. The largest absolute Gasteiger partial charge is 0.387 e. The molecule has 7 heteroatoms. The second kappa shape index (κ2) is 38.5. The molecule has 3 N–H and O–H groups in total. The van der Waals surface area contributed by atoms with Gasteiger partial charge in [0.25, 0.3) is 10.1 Å². The summed E-state index contributed by atoms with van der Waals surface area (Å²) >= 11 is 0. The molecule has 0 heterocycles. The summed E-state index contributed by atoms with van der Waals surface area (Å²) in [4.78, 5) is 12.5. The van der Waals surface area contributed by atoms with E-state index in [1.54, 1.807) is 6.08 Å². The highest BCUT2D eigenvalue weighted by molar-refractivity contribution is 7.85. The SMILES string of the molecule is CCCCCCCC/C=C\CCCCCCCCCC(=O)NC(CS(=O)(=O)O)C(O)/C=C/CCCCCCCCCCCCCCCCCCC. The minimum Gasteiger partial charge on any atom is -0.387 e. The lowest BCUT2D eigenvalue weighted by Gasteiger charge is -2.21. The molecule has 0 saturated carbocycles. The van der Waals surface area contributed by atoms with Crippen LogP contribution in [0, 0.1) is 0 Å². The highest BCUT2D eigenvalue weighted by Gasteiger charge is 2.24. The zero-order valence-electron chi connectivity index (χ0n) is 33.7. The normalized spacial score (nSPS) is 13.4. The molecule has 0 fully saturated rings. The fourth-order valence-corrected chi connectivity index (χ4v) is 7.53. The summed E-state index contributed by atoms with van der Waals surface area (Å²) in [5.41, 5.74) is 0. The van der Waals surface area contributed by atoms with Crippen molar-refractivity contribution in [2.24, 2.45) is 0 Å². The van der Waals surface area contributed by atoms with Gasteiger partial charge in [0.2, 0.25) is 5.91 Å². The molecule has 0 saturated heterocycles. The molecule has 0 aromatic carbocycles. The molecule has 0 aliphatic heterocycles. The molecule has 2 unspecified atom stereocenters. The molecule has 0 aromatic rings. The quantitative estimate of drug-likeness (QED) is 0.0330. The number of hydrogen-bond donors (Lipinski definition) is 3. The molecule has 0 radical (unpaired) electrons. The first-order chi connectivity index (χ1) is 24.8. The fraction of sp³-hybridized carbons (Fsp3) is 0.886. The summed E-state index contributed by atoms with van der Waals surface area (Å²) in [5.74, 6) is -0.977. The maximum absolute atomic E-state index is 12.5. The Bertz CT molecular complexity index is 903. The molecule has 302 valence electrons. The van der Waals surface area contributed by atoms with Gasteiger partial charge in [-0.15, -0.1) is 0 Å². The molecular weight excluding hydrogens is 655 g/mol. The van der Waals surface area contributed by atoms with E-state index in [0.717, 1.165) is 44.9 Å². The molecule has 1 amide bonds. The molecule has 0 aliphatic carbocycles. The van der Waals surface area contributed by atoms with Crippen molar-refractivity contribution >= 4 is 16.0 Å². The highest BCUT2D eigenvalue weighted by Crippen LogP contribution is 2.15. The summed E-state index contributed by atoms with van der Waals surface area (Å²) in [6.07, 6.45) is 48.8. The number of amides is 1. The van der Waals surface area contributed by atoms with Gasteiger partial charge in [-0.3, -0.25) is 9.35 Å². The molecule has 0 rings (SSSR count). The summed E-state index contributed by atoms with van der Waals surface area (Å²) < 4.78 is 32.5. The van der Waals surface area contributed by atoms with E-state index in [0.29, 0.717) is 6.42 Å². The molecule has 2 atom stereocenters. The van der Waals surface area contributed by atoms with Gasteiger partial charge in [-0.1, -0.05) is 205 Å². The molecular formula is C44H85NO5S. The van der Waals surface area contributed by atoms with Gasteiger partial charge in [-0.25, -0.2) is 0 Å². The first-order valence-electron chi connectivity index (χ1n) is 22.0. The number of rotatable bonds is 40. The average Bonchev–Trinajstić information content (AvgIpc) is 3.09. The van der Waals surface area contributed by atoms with Gasteiger partial charge in [0, 0.05) is 6.42 Å². The second-order valence-electron chi connectivity index (χ2n) is 15.3. The Hall–Kier alpha value is -1.18. The van der Waals surface area contributed by atoms with Crippen molar-refractivity contribution in [2.75, 3.05) is 5.75 Å². The Morgan fingerprint density at radius 1 is 0.510 bits per heavy atom. The second-order valence-corrected chi connectivity index (χ2v) is 16.8. The summed E-state index contributed by atoms with van der Waals surface area (Å²) in [6.45, 7) is 4.53. The molecule has 0 bridgehead atoms. The van der Waals surface area contributed by atoms with Gasteiger partial charge in [0.1, 0.15) is 0 Å². The summed E-state index contributed by atoms with van der Waals surface area (Å²) in [7, 11) is -4.34. The van der Waals surface area contributed by atoms with Gasteiger partial charge < -0.3 is 10.4 Å². The average molecular weight is 740 g/mol. The van der Waals surface area contributed by atoms with E-state index < -0.39 is 28.0 Å². The Kier molecular flexibility index (Phi) is 37.6. The maximum atomic E-state index is 12.5. The van der Waals surface area contributed by atoms with Crippen LogP contribution in [0.1, 0.15) is 232 Å². The Morgan fingerprint density at radius 2 is 0.824 bits per heavy atom. The Morgan fingerprint density at radius 3 is 1.18 bits per heavy atom. The van der Waals surface area contributed by atoms with Crippen LogP contribution in [0.5, 0.6) is 0 Å². The van der Waals surface area contributed by atoms with Crippen LogP contribution in [-0.4, -0.2) is 41.9 Å². The lowest BCUT2D eigenvalue weighted by Crippen LogP contribution is -2.46. The van der Waals surface area contributed by atoms with Crippen molar-refractivity contribution in [3.8, 4) is 0 Å². The molecule has 6 nitrogen and oxygen atoms in total. The van der Waals surface area contributed by atoms with Crippen LogP contribution in [0.15, 0.2) is 24.3 Å².